The second-order valence-electron chi connectivity index (χ2n) is 5.22. The van der Waals surface area contributed by atoms with E-state index >= 15 is 0 Å². The van der Waals surface area contributed by atoms with Gasteiger partial charge in [-0.1, -0.05) is 6.07 Å². The predicted octanol–water partition coefficient (Wildman–Crippen LogP) is 0.862. The Balaban J connectivity index is 2.68. The molecule has 0 aliphatic heterocycles. The van der Waals surface area contributed by atoms with Crippen molar-refractivity contribution in [3.05, 3.63) is 33.9 Å². The Hall–Kier alpha value is -2.48. The molecule has 120 valence electrons. The number of rotatable bonds is 6. The zero-order valence-electron chi connectivity index (χ0n) is 13.1. The molecule has 0 heterocycles. The molecular formula is C14H20N4O4. The quantitative estimate of drug-likeness (QED) is 0.621. The van der Waals surface area contributed by atoms with Gasteiger partial charge in [0.15, 0.2) is 0 Å². The van der Waals surface area contributed by atoms with Crippen LogP contribution >= 0.6 is 0 Å². The van der Waals surface area contributed by atoms with E-state index in [4.69, 9.17) is 0 Å². The van der Waals surface area contributed by atoms with Crippen molar-refractivity contribution in [1.29, 1.82) is 0 Å². The second-order valence-corrected chi connectivity index (χ2v) is 5.22. The molecule has 1 aromatic rings. The number of nitro groups is 1. The number of nitrogens with one attached hydrogen (secondary N) is 1. The number of benzene rings is 1. The SMILES string of the molecule is Cc1c(NC(=O)CN(C)CC(=O)N(C)C)cccc1[N+](=O)[O-]. The first-order valence-corrected chi connectivity index (χ1v) is 6.65. The van der Waals surface area contributed by atoms with Crippen LogP contribution in [0.5, 0.6) is 0 Å². The second kappa shape index (κ2) is 7.51. The third-order valence-corrected chi connectivity index (χ3v) is 3.09. The van der Waals surface area contributed by atoms with Gasteiger partial charge in [-0.15, -0.1) is 0 Å². The first kappa shape index (κ1) is 17.6. The van der Waals surface area contributed by atoms with Gasteiger partial charge in [0.05, 0.1) is 29.3 Å². The largest absolute Gasteiger partial charge is 0.348 e. The molecule has 1 rings (SSSR count). The van der Waals surface area contributed by atoms with E-state index in [1.54, 1.807) is 39.0 Å². The van der Waals surface area contributed by atoms with Gasteiger partial charge in [0.25, 0.3) is 5.69 Å². The van der Waals surface area contributed by atoms with Crippen LogP contribution in [0.3, 0.4) is 0 Å². The minimum atomic E-state index is -0.493. The number of amides is 2. The zero-order chi connectivity index (χ0) is 16.9. The van der Waals surface area contributed by atoms with Gasteiger partial charge in [-0.05, 0) is 20.0 Å². The summed E-state index contributed by atoms with van der Waals surface area (Å²) in [5, 5.41) is 13.5. The number of nitro benzene ring substituents is 1. The van der Waals surface area contributed by atoms with Crippen molar-refractivity contribution in [2.24, 2.45) is 0 Å². The van der Waals surface area contributed by atoms with Crippen LogP contribution in [0.2, 0.25) is 0 Å². The average molecular weight is 308 g/mol. The molecule has 0 fully saturated rings. The molecule has 0 radical (unpaired) electrons. The fraction of sp³-hybridized carbons (Fsp3) is 0.429. The molecule has 0 saturated heterocycles. The van der Waals surface area contributed by atoms with Crippen LogP contribution in [-0.2, 0) is 9.59 Å². The highest BCUT2D eigenvalue weighted by atomic mass is 16.6. The molecule has 8 heteroatoms. The lowest BCUT2D eigenvalue weighted by atomic mass is 10.1. The molecule has 2 amide bonds. The fourth-order valence-electron chi connectivity index (χ4n) is 1.82. The van der Waals surface area contributed by atoms with Gasteiger partial charge >= 0.3 is 0 Å². The Morgan fingerprint density at radius 1 is 1.23 bits per heavy atom. The molecule has 0 bridgehead atoms. The fourth-order valence-corrected chi connectivity index (χ4v) is 1.82. The molecule has 8 nitrogen and oxygen atoms in total. The van der Waals surface area contributed by atoms with Crippen LogP contribution in [0.25, 0.3) is 0 Å². The molecular weight excluding hydrogens is 288 g/mol. The van der Waals surface area contributed by atoms with Gasteiger partial charge in [-0.2, -0.15) is 0 Å². The van der Waals surface area contributed by atoms with Gasteiger partial charge in [0, 0.05) is 20.2 Å². The monoisotopic (exact) mass is 308 g/mol. The van der Waals surface area contributed by atoms with Crippen molar-refractivity contribution in [2.45, 2.75) is 6.92 Å². The summed E-state index contributed by atoms with van der Waals surface area (Å²) in [4.78, 5) is 36.9. The highest BCUT2D eigenvalue weighted by molar-refractivity contribution is 5.93. The van der Waals surface area contributed by atoms with E-state index < -0.39 is 4.92 Å². The van der Waals surface area contributed by atoms with E-state index in [1.807, 2.05) is 0 Å². The molecule has 22 heavy (non-hydrogen) atoms. The summed E-state index contributed by atoms with van der Waals surface area (Å²) < 4.78 is 0. The lowest BCUT2D eigenvalue weighted by Gasteiger charge is -2.18. The molecule has 0 aliphatic carbocycles. The van der Waals surface area contributed by atoms with Crippen LogP contribution in [0, 0.1) is 17.0 Å². The van der Waals surface area contributed by atoms with Crippen molar-refractivity contribution in [3.8, 4) is 0 Å². The van der Waals surface area contributed by atoms with E-state index in [1.165, 1.54) is 17.0 Å². The number of nitrogens with zero attached hydrogens (tertiary/aromatic N) is 3. The Labute approximate surface area is 128 Å². The molecule has 0 spiro atoms. The van der Waals surface area contributed by atoms with Crippen LogP contribution in [0.1, 0.15) is 5.56 Å². The van der Waals surface area contributed by atoms with Crippen LogP contribution < -0.4 is 5.32 Å². The molecule has 0 atom stereocenters. The Morgan fingerprint density at radius 3 is 2.41 bits per heavy atom. The Kier molecular flexibility index (Phi) is 6.00. The molecule has 0 aliphatic rings. The summed E-state index contributed by atoms with van der Waals surface area (Å²) >= 11 is 0. The molecule has 0 saturated carbocycles. The average Bonchev–Trinajstić information content (AvgIpc) is 2.40. The number of hydrogen-bond donors (Lipinski definition) is 1. The van der Waals surface area contributed by atoms with Crippen LogP contribution in [-0.4, -0.2) is 60.8 Å². The predicted molar refractivity (Wildman–Crippen MR) is 82.7 cm³/mol. The number of likely N-dealkylation sites (N-methyl/N-ethyl adjacent to an activating group) is 2. The molecule has 0 aromatic heterocycles. The van der Waals surface area contributed by atoms with Crippen molar-refractivity contribution in [2.75, 3.05) is 39.5 Å². The number of hydrogen-bond acceptors (Lipinski definition) is 5. The minimum absolute atomic E-state index is 0.0156. The van der Waals surface area contributed by atoms with Crippen LogP contribution in [0.15, 0.2) is 18.2 Å². The smallest absolute Gasteiger partial charge is 0.274 e. The van der Waals surface area contributed by atoms with Gasteiger partial charge in [-0.25, -0.2) is 0 Å². The van der Waals surface area contributed by atoms with Gasteiger partial charge < -0.3 is 10.2 Å². The Morgan fingerprint density at radius 2 is 1.86 bits per heavy atom. The maximum atomic E-state index is 12.0. The number of anilines is 1. The van der Waals surface area contributed by atoms with Gasteiger partial charge in [0.2, 0.25) is 11.8 Å². The van der Waals surface area contributed by atoms with Crippen molar-refractivity contribution >= 4 is 23.2 Å². The van der Waals surface area contributed by atoms with Crippen molar-refractivity contribution in [1.82, 2.24) is 9.80 Å². The van der Waals surface area contributed by atoms with E-state index in [0.717, 1.165) is 0 Å². The van der Waals surface area contributed by atoms with Crippen LogP contribution in [0.4, 0.5) is 11.4 Å². The van der Waals surface area contributed by atoms with E-state index in [-0.39, 0.29) is 30.6 Å². The lowest BCUT2D eigenvalue weighted by molar-refractivity contribution is -0.385. The molecule has 0 unspecified atom stereocenters. The summed E-state index contributed by atoms with van der Waals surface area (Å²) in [5.41, 5.74) is 0.744. The first-order valence-electron chi connectivity index (χ1n) is 6.65. The zero-order valence-corrected chi connectivity index (χ0v) is 13.1. The topological polar surface area (TPSA) is 95.8 Å². The Bertz CT molecular complexity index is 586. The maximum Gasteiger partial charge on any atom is 0.274 e. The van der Waals surface area contributed by atoms with E-state index in [9.17, 15) is 19.7 Å². The summed E-state index contributed by atoms with van der Waals surface area (Å²) in [7, 11) is 4.94. The summed E-state index contributed by atoms with van der Waals surface area (Å²) in [6, 6.07) is 4.50. The maximum absolute atomic E-state index is 12.0. The first-order chi connectivity index (χ1) is 10.2. The summed E-state index contributed by atoms with van der Waals surface area (Å²) in [5.74, 6) is -0.445. The third kappa shape index (κ3) is 4.81. The number of carbonyl (C=O) groups excluding carboxylic acids is 2. The van der Waals surface area contributed by atoms with Gasteiger partial charge in [-0.3, -0.25) is 24.6 Å². The summed E-state index contributed by atoms with van der Waals surface area (Å²) in [6.45, 7) is 1.71. The minimum Gasteiger partial charge on any atom is -0.348 e. The lowest BCUT2D eigenvalue weighted by Crippen LogP contribution is -2.38. The van der Waals surface area contributed by atoms with E-state index in [0.29, 0.717) is 11.3 Å². The standard InChI is InChI=1S/C14H20N4O4/c1-10-11(6-5-7-12(10)18(21)22)15-13(19)8-17(4)9-14(20)16(2)3/h5-7H,8-9H2,1-4H3,(H,15,19). The third-order valence-electron chi connectivity index (χ3n) is 3.09. The highest BCUT2D eigenvalue weighted by Gasteiger charge is 2.16. The normalized spacial score (nSPS) is 10.4. The molecule has 1 aromatic carbocycles. The number of carbonyl (C=O) groups is 2. The van der Waals surface area contributed by atoms with E-state index in [2.05, 4.69) is 5.32 Å². The summed E-state index contributed by atoms with van der Waals surface area (Å²) in [6.07, 6.45) is 0. The highest BCUT2D eigenvalue weighted by Crippen LogP contribution is 2.24. The van der Waals surface area contributed by atoms with Crippen molar-refractivity contribution < 1.29 is 14.5 Å². The van der Waals surface area contributed by atoms with Crippen molar-refractivity contribution in [3.63, 3.8) is 0 Å². The molecule has 1 N–H and O–H groups in total. The van der Waals surface area contributed by atoms with Gasteiger partial charge in [0.1, 0.15) is 0 Å².